The van der Waals surface area contributed by atoms with Crippen LogP contribution in [-0.4, -0.2) is 50.7 Å². The number of halogens is 1. The van der Waals surface area contributed by atoms with Crippen molar-refractivity contribution >= 4 is 11.6 Å². The van der Waals surface area contributed by atoms with Crippen LogP contribution < -0.4 is 5.73 Å². The van der Waals surface area contributed by atoms with E-state index in [-0.39, 0.29) is 18.4 Å². The number of amides is 1. The molecule has 4 rings (SSSR count). The molecule has 2 aromatic heterocycles. The molecule has 2 N–H and O–H groups in total. The van der Waals surface area contributed by atoms with Gasteiger partial charge in [-0.25, -0.2) is 13.9 Å². The zero-order chi connectivity index (χ0) is 19.0. The lowest BCUT2D eigenvalue weighted by molar-refractivity contribution is -0.132. The quantitative estimate of drug-likeness (QED) is 0.768. The number of likely N-dealkylation sites (tertiary alicyclic amines) is 1. The smallest absolute Gasteiger partial charge is 0.240 e. The third kappa shape index (κ3) is 3.42. The molecule has 140 valence electrons. The Labute approximate surface area is 156 Å². The topological polar surface area (TPSA) is 76.5 Å². The van der Waals surface area contributed by atoms with Crippen LogP contribution in [0, 0.1) is 0 Å². The molecule has 1 fully saturated rings. The van der Waals surface area contributed by atoms with Crippen LogP contribution in [0.4, 0.5) is 4.39 Å². The third-order valence-corrected chi connectivity index (χ3v) is 5.31. The van der Waals surface area contributed by atoms with Gasteiger partial charge in [-0.2, -0.15) is 5.10 Å². The first kappa shape index (κ1) is 17.6. The highest BCUT2D eigenvalue weighted by molar-refractivity contribution is 5.83. The van der Waals surface area contributed by atoms with Crippen molar-refractivity contribution in [3.05, 3.63) is 54.5 Å². The highest BCUT2D eigenvalue weighted by atomic mass is 19.1. The standard InChI is InChI=1S/C20H22FN5O/c1-13(19(22)20(27)25-9-8-17(21)11-25)14-2-4-15(5-3-14)16-6-7-18-23-12-24-26(18)10-16/h2-7,10,12-13,17,19H,8-9,11,22H2,1H3/t13-,17-,19-/m0/s1. The molecule has 1 saturated heterocycles. The predicted molar refractivity (Wildman–Crippen MR) is 101 cm³/mol. The van der Waals surface area contributed by atoms with Crippen LogP contribution in [0.25, 0.3) is 16.8 Å². The van der Waals surface area contributed by atoms with E-state index < -0.39 is 12.2 Å². The Morgan fingerprint density at radius 2 is 1.96 bits per heavy atom. The number of pyridine rings is 1. The van der Waals surface area contributed by atoms with Crippen LogP contribution >= 0.6 is 0 Å². The Kier molecular flexibility index (Phi) is 4.61. The number of hydrogen-bond donors (Lipinski definition) is 1. The van der Waals surface area contributed by atoms with Crippen LogP contribution in [0.2, 0.25) is 0 Å². The highest BCUT2D eigenvalue weighted by Crippen LogP contribution is 2.25. The summed E-state index contributed by atoms with van der Waals surface area (Å²) in [5.41, 5.74) is 10.0. The molecular formula is C20H22FN5O. The molecule has 1 amide bonds. The number of nitrogens with two attached hydrogens (primary N) is 1. The Morgan fingerprint density at radius 3 is 2.67 bits per heavy atom. The number of aromatic nitrogens is 3. The Balaban J connectivity index is 1.50. The molecule has 0 saturated carbocycles. The Bertz CT molecular complexity index is 954. The normalized spacial score (nSPS) is 19.4. The second-order valence-corrected chi connectivity index (χ2v) is 7.09. The summed E-state index contributed by atoms with van der Waals surface area (Å²) in [6, 6.07) is 11.2. The fraction of sp³-hybridized carbons (Fsp3) is 0.350. The molecule has 3 heterocycles. The Hall–Kier alpha value is -2.80. The summed E-state index contributed by atoms with van der Waals surface area (Å²) >= 11 is 0. The van der Waals surface area contributed by atoms with Gasteiger partial charge >= 0.3 is 0 Å². The second kappa shape index (κ2) is 7.08. The number of fused-ring (bicyclic) bond motifs is 1. The van der Waals surface area contributed by atoms with Crippen LogP contribution in [0.3, 0.4) is 0 Å². The molecule has 1 aliphatic heterocycles. The summed E-state index contributed by atoms with van der Waals surface area (Å²) in [6.07, 6.45) is 2.92. The molecule has 1 aliphatic rings. The van der Waals surface area contributed by atoms with Crippen LogP contribution in [-0.2, 0) is 4.79 Å². The Morgan fingerprint density at radius 1 is 1.22 bits per heavy atom. The predicted octanol–water partition coefficient (Wildman–Crippen LogP) is 2.40. The number of rotatable bonds is 4. The minimum atomic E-state index is -0.932. The summed E-state index contributed by atoms with van der Waals surface area (Å²) in [6.45, 7) is 2.54. The molecule has 0 radical (unpaired) electrons. The highest BCUT2D eigenvalue weighted by Gasteiger charge is 2.32. The molecule has 3 atom stereocenters. The summed E-state index contributed by atoms with van der Waals surface area (Å²) < 4.78 is 15.1. The minimum absolute atomic E-state index is 0.150. The van der Waals surface area contributed by atoms with E-state index in [4.69, 9.17) is 5.73 Å². The first-order valence-corrected chi connectivity index (χ1v) is 9.11. The molecule has 0 unspecified atom stereocenters. The van der Waals surface area contributed by atoms with E-state index in [1.807, 2.05) is 49.5 Å². The molecule has 3 aromatic rings. The lowest BCUT2D eigenvalue weighted by Gasteiger charge is -2.25. The van der Waals surface area contributed by atoms with Gasteiger partial charge in [-0.05, 0) is 29.7 Å². The molecule has 7 heteroatoms. The van der Waals surface area contributed by atoms with Gasteiger partial charge in [-0.3, -0.25) is 4.79 Å². The van der Waals surface area contributed by atoms with Crippen LogP contribution in [0.5, 0.6) is 0 Å². The van der Waals surface area contributed by atoms with Gasteiger partial charge in [0.25, 0.3) is 0 Å². The van der Waals surface area contributed by atoms with Crippen molar-refractivity contribution in [3.63, 3.8) is 0 Å². The monoisotopic (exact) mass is 367 g/mol. The molecule has 27 heavy (non-hydrogen) atoms. The van der Waals surface area contributed by atoms with Gasteiger partial charge in [0.15, 0.2) is 5.65 Å². The molecule has 1 aromatic carbocycles. The van der Waals surface area contributed by atoms with Gasteiger partial charge in [-0.1, -0.05) is 31.2 Å². The van der Waals surface area contributed by atoms with Crippen molar-refractivity contribution in [3.8, 4) is 11.1 Å². The maximum absolute atomic E-state index is 13.4. The largest absolute Gasteiger partial charge is 0.338 e. The number of nitrogens with zero attached hydrogens (tertiary/aromatic N) is 4. The zero-order valence-electron chi connectivity index (χ0n) is 15.1. The van der Waals surface area contributed by atoms with Crippen molar-refractivity contribution < 1.29 is 9.18 Å². The molecular weight excluding hydrogens is 345 g/mol. The van der Waals surface area contributed by atoms with Crippen LogP contribution in [0.1, 0.15) is 24.8 Å². The summed E-state index contributed by atoms with van der Waals surface area (Å²) in [5.74, 6) is -0.327. The van der Waals surface area contributed by atoms with E-state index >= 15 is 0 Å². The average molecular weight is 367 g/mol. The fourth-order valence-electron chi connectivity index (χ4n) is 3.52. The van der Waals surface area contributed by atoms with Gasteiger partial charge in [0.05, 0.1) is 12.6 Å². The maximum atomic E-state index is 13.4. The van der Waals surface area contributed by atoms with E-state index in [2.05, 4.69) is 10.1 Å². The van der Waals surface area contributed by atoms with E-state index in [9.17, 15) is 9.18 Å². The number of carbonyl (C=O) groups is 1. The SMILES string of the molecule is C[C@@H](c1ccc(-c2ccc3ncnn3c2)cc1)[C@H](N)C(=O)N1CC[C@H](F)C1. The van der Waals surface area contributed by atoms with Crippen molar-refractivity contribution in [2.24, 2.45) is 5.73 Å². The molecule has 0 aliphatic carbocycles. The number of hydrogen-bond acceptors (Lipinski definition) is 4. The maximum Gasteiger partial charge on any atom is 0.240 e. The summed E-state index contributed by atoms with van der Waals surface area (Å²) in [4.78, 5) is 18.2. The van der Waals surface area contributed by atoms with Crippen molar-refractivity contribution in [2.45, 2.75) is 31.5 Å². The van der Waals surface area contributed by atoms with Gasteiger partial charge in [0.2, 0.25) is 5.91 Å². The summed E-state index contributed by atoms with van der Waals surface area (Å²) in [7, 11) is 0. The first-order valence-electron chi connectivity index (χ1n) is 9.11. The summed E-state index contributed by atoms with van der Waals surface area (Å²) in [5, 5.41) is 4.16. The van der Waals surface area contributed by atoms with E-state index in [0.29, 0.717) is 13.0 Å². The van der Waals surface area contributed by atoms with Gasteiger partial charge in [0, 0.05) is 24.2 Å². The van der Waals surface area contributed by atoms with Gasteiger partial charge in [0.1, 0.15) is 12.5 Å². The second-order valence-electron chi connectivity index (χ2n) is 7.09. The van der Waals surface area contributed by atoms with E-state index in [1.54, 1.807) is 4.52 Å². The van der Waals surface area contributed by atoms with Crippen molar-refractivity contribution in [1.82, 2.24) is 19.5 Å². The van der Waals surface area contributed by atoms with Crippen molar-refractivity contribution in [1.29, 1.82) is 0 Å². The molecule has 0 bridgehead atoms. The van der Waals surface area contributed by atoms with Crippen LogP contribution in [0.15, 0.2) is 48.9 Å². The number of benzene rings is 1. The fourth-order valence-corrected chi connectivity index (χ4v) is 3.52. The zero-order valence-corrected chi connectivity index (χ0v) is 15.1. The van der Waals surface area contributed by atoms with Gasteiger partial charge in [-0.15, -0.1) is 0 Å². The first-order chi connectivity index (χ1) is 13.0. The average Bonchev–Trinajstić information content (AvgIpc) is 3.34. The third-order valence-electron chi connectivity index (χ3n) is 5.31. The lowest BCUT2D eigenvalue weighted by Crippen LogP contribution is -2.45. The van der Waals surface area contributed by atoms with Crippen molar-refractivity contribution in [2.75, 3.05) is 13.1 Å². The van der Waals surface area contributed by atoms with E-state index in [1.165, 1.54) is 11.2 Å². The number of carbonyl (C=O) groups excluding carboxylic acids is 1. The minimum Gasteiger partial charge on any atom is -0.338 e. The van der Waals surface area contributed by atoms with E-state index in [0.717, 1.165) is 22.3 Å². The van der Waals surface area contributed by atoms with Gasteiger partial charge < -0.3 is 10.6 Å². The molecule has 0 spiro atoms. The lowest BCUT2D eigenvalue weighted by atomic mass is 9.91. The molecule has 6 nitrogen and oxygen atoms in total. The number of alkyl halides is 1.